The first-order valence-corrected chi connectivity index (χ1v) is 7.80. The largest absolute Gasteiger partial charge is 0.372 e. The summed E-state index contributed by atoms with van der Waals surface area (Å²) in [6, 6.07) is 5.15. The van der Waals surface area contributed by atoms with E-state index >= 15 is 0 Å². The van der Waals surface area contributed by atoms with Gasteiger partial charge in [0.2, 0.25) is 0 Å². The number of nitrogens with zero attached hydrogens (tertiary/aromatic N) is 4. The lowest BCUT2D eigenvalue weighted by atomic mass is 10.1. The van der Waals surface area contributed by atoms with Crippen molar-refractivity contribution < 1.29 is 9.72 Å². The van der Waals surface area contributed by atoms with Crippen molar-refractivity contribution >= 4 is 17.3 Å². The van der Waals surface area contributed by atoms with Gasteiger partial charge in [-0.05, 0) is 26.0 Å². The summed E-state index contributed by atoms with van der Waals surface area (Å²) in [4.78, 5) is 29.2. The Bertz CT molecular complexity index is 593. The summed E-state index contributed by atoms with van der Waals surface area (Å²) < 4.78 is 0. The van der Waals surface area contributed by atoms with E-state index in [1.807, 2.05) is 0 Å². The van der Waals surface area contributed by atoms with Crippen LogP contribution < -0.4 is 4.90 Å². The highest BCUT2D eigenvalue weighted by molar-refractivity contribution is 5.95. The Labute approximate surface area is 136 Å². The summed E-state index contributed by atoms with van der Waals surface area (Å²) in [7, 11) is 3.49. The second-order valence-electron chi connectivity index (χ2n) is 6.28. The number of rotatable bonds is 4. The third kappa shape index (κ3) is 3.79. The van der Waals surface area contributed by atoms with E-state index < -0.39 is 4.92 Å². The van der Waals surface area contributed by atoms with Gasteiger partial charge in [-0.25, -0.2) is 0 Å². The van der Waals surface area contributed by atoms with Crippen LogP contribution in [0.15, 0.2) is 18.2 Å². The minimum absolute atomic E-state index is 0.0401. The van der Waals surface area contributed by atoms with E-state index in [2.05, 4.69) is 18.7 Å². The first-order valence-electron chi connectivity index (χ1n) is 7.80. The van der Waals surface area contributed by atoms with E-state index in [1.165, 1.54) is 6.07 Å². The van der Waals surface area contributed by atoms with Gasteiger partial charge < -0.3 is 9.80 Å². The first-order chi connectivity index (χ1) is 10.8. The topological polar surface area (TPSA) is 69.9 Å². The van der Waals surface area contributed by atoms with E-state index in [-0.39, 0.29) is 11.6 Å². The Kier molecular flexibility index (Phi) is 5.20. The average Bonchev–Trinajstić information content (AvgIpc) is 2.53. The molecular weight excluding hydrogens is 296 g/mol. The van der Waals surface area contributed by atoms with E-state index in [4.69, 9.17) is 0 Å². The molecule has 1 amide bonds. The molecule has 0 atom stereocenters. The Hall–Kier alpha value is -2.15. The van der Waals surface area contributed by atoms with E-state index in [0.717, 1.165) is 13.1 Å². The number of anilines is 1. The minimum atomic E-state index is -0.442. The summed E-state index contributed by atoms with van der Waals surface area (Å²) >= 11 is 0. The minimum Gasteiger partial charge on any atom is -0.372 e. The van der Waals surface area contributed by atoms with Gasteiger partial charge in [0.15, 0.2) is 0 Å². The molecule has 1 saturated heterocycles. The van der Waals surface area contributed by atoms with Crippen molar-refractivity contribution in [3.8, 4) is 0 Å². The van der Waals surface area contributed by atoms with Crippen molar-refractivity contribution in [2.45, 2.75) is 19.9 Å². The number of carbonyl (C=O) groups excluding carboxylic acids is 1. The van der Waals surface area contributed by atoms with Gasteiger partial charge in [-0.2, -0.15) is 0 Å². The predicted molar refractivity (Wildman–Crippen MR) is 90.0 cm³/mol. The zero-order valence-corrected chi connectivity index (χ0v) is 14.2. The number of amides is 1. The van der Waals surface area contributed by atoms with Crippen LogP contribution in [0.2, 0.25) is 0 Å². The maximum Gasteiger partial charge on any atom is 0.293 e. The number of piperazine rings is 1. The second kappa shape index (κ2) is 6.95. The molecule has 1 aliphatic rings. The zero-order chi connectivity index (χ0) is 17.1. The van der Waals surface area contributed by atoms with E-state index in [0.29, 0.717) is 30.4 Å². The second-order valence-corrected chi connectivity index (χ2v) is 6.28. The SMILES string of the molecule is CC(C)N1CCN(C(=O)c2ccc(N(C)C)c([N+](=O)[O-])c2)CC1. The molecular formula is C16H24N4O3. The van der Waals surface area contributed by atoms with Gasteiger partial charge >= 0.3 is 0 Å². The third-order valence-corrected chi connectivity index (χ3v) is 4.23. The third-order valence-electron chi connectivity index (χ3n) is 4.23. The molecule has 2 rings (SSSR count). The van der Waals surface area contributed by atoms with Gasteiger partial charge in [0.05, 0.1) is 4.92 Å². The van der Waals surface area contributed by atoms with Gasteiger partial charge in [0, 0.05) is 57.9 Å². The van der Waals surface area contributed by atoms with Gasteiger partial charge in [0.1, 0.15) is 5.69 Å². The molecule has 0 aliphatic carbocycles. The molecule has 0 saturated carbocycles. The van der Waals surface area contributed by atoms with Crippen molar-refractivity contribution in [2.75, 3.05) is 45.2 Å². The summed E-state index contributed by atoms with van der Waals surface area (Å²) in [5.41, 5.74) is 0.832. The molecule has 23 heavy (non-hydrogen) atoms. The molecule has 0 N–H and O–H groups in total. The normalized spacial score (nSPS) is 15.8. The molecule has 7 heteroatoms. The van der Waals surface area contributed by atoms with Crippen LogP contribution in [-0.2, 0) is 0 Å². The smallest absolute Gasteiger partial charge is 0.293 e. The number of hydrogen-bond acceptors (Lipinski definition) is 5. The van der Waals surface area contributed by atoms with Crippen LogP contribution in [0.1, 0.15) is 24.2 Å². The van der Waals surface area contributed by atoms with Crippen molar-refractivity contribution in [1.82, 2.24) is 9.80 Å². The highest BCUT2D eigenvalue weighted by atomic mass is 16.6. The molecule has 1 fully saturated rings. The fourth-order valence-electron chi connectivity index (χ4n) is 2.80. The zero-order valence-electron chi connectivity index (χ0n) is 14.2. The number of nitro groups is 1. The summed E-state index contributed by atoms with van der Waals surface area (Å²) in [5, 5.41) is 11.2. The van der Waals surface area contributed by atoms with Crippen LogP contribution in [0.25, 0.3) is 0 Å². The Morgan fingerprint density at radius 3 is 2.30 bits per heavy atom. The number of nitro benzene ring substituents is 1. The first kappa shape index (κ1) is 17.2. The van der Waals surface area contributed by atoms with Gasteiger partial charge in [0.25, 0.3) is 11.6 Å². The maximum absolute atomic E-state index is 12.6. The lowest BCUT2D eigenvalue weighted by Gasteiger charge is -2.37. The Morgan fingerprint density at radius 2 is 1.83 bits per heavy atom. The summed E-state index contributed by atoms with van der Waals surface area (Å²) in [5.74, 6) is -0.137. The van der Waals surface area contributed by atoms with Gasteiger partial charge in [-0.1, -0.05) is 0 Å². The molecule has 0 bridgehead atoms. The predicted octanol–water partition coefficient (Wildman–Crippen LogP) is 1.83. The molecule has 126 valence electrons. The number of carbonyl (C=O) groups is 1. The fraction of sp³-hybridized carbons (Fsp3) is 0.562. The highest BCUT2D eigenvalue weighted by Crippen LogP contribution is 2.28. The van der Waals surface area contributed by atoms with Crippen LogP contribution in [0.4, 0.5) is 11.4 Å². The molecule has 0 spiro atoms. The van der Waals surface area contributed by atoms with Crippen LogP contribution in [0.5, 0.6) is 0 Å². The van der Waals surface area contributed by atoms with Crippen molar-refractivity contribution in [3.63, 3.8) is 0 Å². The van der Waals surface area contributed by atoms with Crippen LogP contribution in [-0.4, -0.2) is 66.9 Å². The van der Waals surface area contributed by atoms with E-state index in [9.17, 15) is 14.9 Å². The van der Waals surface area contributed by atoms with Gasteiger partial charge in [-0.15, -0.1) is 0 Å². The molecule has 0 radical (unpaired) electrons. The monoisotopic (exact) mass is 320 g/mol. The lowest BCUT2D eigenvalue weighted by molar-refractivity contribution is -0.384. The Balaban J connectivity index is 2.17. The average molecular weight is 320 g/mol. The summed E-state index contributed by atoms with van der Waals surface area (Å²) in [6.45, 7) is 7.25. The quantitative estimate of drug-likeness (QED) is 0.625. The maximum atomic E-state index is 12.6. The van der Waals surface area contributed by atoms with Crippen LogP contribution in [0.3, 0.4) is 0 Å². The molecule has 0 aromatic heterocycles. The van der Waals surface area contributed by atoms with Crippen LogP contribution in [0, 0.1) is 10.1 Å². The van der Waals surface area contributed by atoms with Crippen LogP contribution >= 0.6 is 0 Å². The molecule has 1 aliphatic heterocycles. The highest BCUT2D eigenvalue weighted by Gasteiger charge is 2.25. The van der Waals surface area contributed by atoms with Gasteiger partial charge in [-0.3, -0.25) is 19.8 Å². The fourth-order valence-corrected chi connectivity index (χ4v) is 2.80. The van der Waals surface area contributed by atoms with Crippen molar-refractivity contribution in [3.05, 3.63) is 33.9 Å². The van der Waals surface area contributed by atoms with Crippen molar-refractivity contribution in [2.24, 2.45) is 0 Å². The molecule has 1 aromatic rings. The number of hydrogen-bond donors (Lipinski definition) is 0. The standard InChI is InChI=1S/C16H24N4O3/c1-12(2)18-7-9-19(10-8-18)16(21)13-5-6-14(17(3)4)15(11-13)20(22)23/h5-6,11-12H,7-10H2,1-4H3. The molecule has 0 unspecified atom stereocenters. The summed E-state index contributed by atoms with van der Waals surface area (Å²) in [6.07, 6.45) is 0. The lowest BCUT2D eigenvalue weighted by Crippen LogP contribution is -2.50. The molecule has 7 nitrogen and oxygen atoms in total. The van der Waals surface area contributed by atoms with Crippen molar-refractivity contribution in [1.29, 1.82) is 0 Å². The molecule has 1 heterocycles. The Morgan fingerprint density at radius 1 is 1.22 bits per heavy atom. The number of benzene rings is 1. The molecule has 1 aromatic carbocycles. The van der Waals surface area contributed by atoms with E-state index in [1.54, 1.807) is 36.0 Å².